The smallest absolute Gasteiger partial charge is 0.329 e. The average Bonchev–Trinajstić information content (AvgIpc) is 3.33. The Kier molecular flexibility index (Phi) is 8.38. The normalized spacial score (nSPS) is 14.4. The highest BCUT2D eigenvalue weighted by molar-refractivity contribution is 5.84. The van der Waals surface area contributed by atoms with Crippen LogP contribution in [0.5, 0.6) is 5.75 Å². The van der Waals surface area contributed by atoms with Crippen LogP contribution in [0.15, 0.2) is 67.1 Å². The Hall–Kier alpha value is -4.67. The van der Waals surface area contributed by atoms with E-state index in [0.717, 1.165) is 34.7 Å². The van der Waals surface area contributed by atoms with Gasteiger partial charge in [0.2, 0.25) is 0 Å². The number of methoxy groups -OCH3 is 1. The molecular formula is C29H33N7O4. The third-order valence-corrected chi connectivity index (χ3v) is 6.92. The molecule has 208 valence electrons. The van der Waals surface area contributed by atoms with Crippen LogP contribution < -0.4 is 15.0 Å². The predicted octanol–water partition coefficient (Wildman–Crippen LogP) is 3.20. The molecule has 1 atom stereocenters. The lowest BCUT2D eigenvalue weighted by molar-refractivity contribution is -0.145. The van der Waals surface area contributed by atoms with Gasteiger partial charge < -0.3 is 24.6 Å². The molecule has 11 nitrogen and oxygen atoms in total. The van der Waals surface area contributed by atoms with Gasteiger partial charge in [-0.3, -0.25) is 0 Å². The molecule has 1 fully saturated rings. The summed E-state index contributed by atoms with van der Waals surface area (Å²) in [4.78, 5) is 38.8. The summed E-state index contributed by atoms with van der Waals surface area (Å²) in [5.41, 5.74) is 2.82. The number of fused-ring (bicyclic) bond motifs is 1. The molecule has 3 heterocycles. The number of anilines is 1. The Bertz CT molecular complexity index is 1440. The van der Waals surface area contributed by atoms with Crippen LogP contribution in [0.2, 0.25) is 0 Å². The highest BCUT2D eigenvalue weighted by Gasteiger charge is 2.28. The second-order valence-electron chi connectivity index (χ2n) is 9.47. The maximum atomic E-state index is 13.4. The number of rotatable bonds is 8. The van der Waals surface area contributed by atoms with Crippen LogP contribution in [0.1, 0.15) is 18.9 Å². The zero-order valence-corrected chi connectivity index (χ0v) is 22.7. The summed E-state index contributed by atoms with van der Waals surface area (Å²) in [7, 11) is 1.64. The predicted molar refractivity (Wildman–Crippen MR) is 150 cm³/mol. The zero-order valence-electron chi connectivity index (χ0n) is 22.7. The topological polar surface area (TPSA) is 114 Å². The molecule has 0 saturated carbocycles. The molecule has 2 amide bonds. The van der Waals surface area contributed by atoms with Crippen LogP contribution in [0.3, 0.4) is 0 Å². The van der Waals surface area contributed by atoms with E-state index < -0.39 is 12.0 Å². The fraction of sp³-hybridized carbons (Fsp3) is 0.345. The summed E-state index contributed by atoms with van der Waals surface area (Å²) in [6.07, 6.45) is 4.39. The van der Waals surface area contributed by atoms with Crippen LogP contribution in [0, 0.1) is 0 Å². The first-order chi connectivity index (χ1) is 19.6. The minimum absolute atomic E-state index is 0.248. The Balaban J connectivity index is 1.34. The molecule has 2 aromatic carbocycles. The first-order valence-electron chi connectivity index (χ1n) is 13.4. The molecule has 40 heavy (non-hydrogen) atoms. The molecule has 0 spiro atoms. The van der Waals surface area contributed by atoms with Crippen LogP contribution in [0.4, 0.5) is 10.6 Å². The van der Waals surface area contributed by atoms with Gasteiger partial charge in [0.05, 0.1) is 13.7 Å². The summed E-state index contributed by atoms with van der Waals surface area (Å²) in [6, 6.07) is 16.3. The Morgan fingerprint density at radius 3 is 2.55 bits per heavy atom. The Morgan fingerprint density at radius 2 is 1.80 bits per heavy atom. The number of esters is 1. The van der Waals surface area contributed by atoms with E-state index in [4.69, 9.17) is 9.47 Å². The molecule has 1 N–H and O–H groups in total. The number of benzene rings is 2. The molecule has 4 aromatic rings. The van der Waals surface area contributed by atoms with Gasteiger partial charge in [-0.15, -0.1) is 0 Å². The van der Waals surface area contributed by atoms with Crippen LogP contribution >= 0.6 is 0 Å². The van der Waals surface area contributed by atoms with E-state index in [1.807, 2.05) is 60.8 Å². The average molecular weight is 544 g/mol. The minimum Gasteiger partial charge on any atom is -0.497 e. The molecule has 0 aliphatic carbocycles. The first-order valence-corrected chi connectivity index (χ1v) is 13.4. The van der Waals surface area contributed by atoms with Crippen LogP contribution in [-0.2, 0) is 16.0 Å². The van der Waals surface area contributed by atoms with E-state index in [1.54, 1.807) is 23.4 Å². The highest BCUT2D eigenvalue weighted by atomic mass is 16.5. The molecule has 0 bridgehead atoms. The second kappa shape index (κ2) is 12.5. The van der Waals surface area contributed by atoms with Gasteiger partial charge in [-0.1, -0.05) is 42.5 Å². The fourth-order valence-electron chi connectivity index (χ4n) is 4.90. The number of urea groups is 1. The van der Waals surface area contributed by atoms with Crippen molar-refractivity contribution >= 4 is 23.6 Å². The number of nitrogens with zero attached hydrogens (tertiary/aromatic N) is 6. The number of carbonyl (C=O) groups excluding carboxylic acids is 2. The summed E-state index contributed by atoms with van der Waals surface area (Å²) in [5.74, 6) is 1.70. The number of carbonyl (C=O) groups is 2. The summed E-state index contributed by atoms with van der Waals surface area (Å²) >= 11 is 0. The van der Waals surface area contributed by atoms with E-state index in [1.165, 1.54) is 6.33 Å². The van der Waals surface area contributed by atoms with E-state index in [9.17, 15) is 9.59 Å². The van der Waals surface area contributed by atoms with Crippen molar-refractivity contribution in [1.29, 1.82) is 0 Å². The van der Waals surface area contributed by atoms with Crippen molar-refractivity contribution in [2.24, 2.45) is 0 Å². The maximum Gasteiger partial charge on any atom is 0.329 e. The van der Waals surface area contributed by atoms with E-state index in [-0.39, 0.29) is 12.6 Å². The van der Waals surface area contributed by atoms with Crippen molar-refractivity contribution in [2.75, 3.05) is 44.8 Å². The van der Waals surface area contributed by atoms with Crippen molar-refractivity contribution in [3.8, 4) is 16.9 Å². The molecule has 2 aromatic heterocycles. The van der Waals surface area contributed by atoms with Crippen molar-refractivity contribution in [1.82, 2.24) is 29.8 Å². The molecule has 1 aliphatic rings. The standard InChI is InChI=1S/C29H33N7O4/c1-3-40-27(37)25(18-21-8-5-4-6-9-21)33-29(38)35-15-7-14-34(16-17-35)26-24(19-30-28-31-20-32-36(26)28)22-10-12-23(39-2)13-11-22/h4-6,8-13,19-20,25H,3,7,14-18H2,1-2H3,(H,33,38)/t25-/m0/s1. The minimum atomic E-state index is -0.772. The third-order valence-electron chi connectivity index (χ3n) is 6.92. The van der Waals surface area contributed by atoms with Gasteiger partial charge >= 0.3 is 12.0 Å². The Labute approximate surface area is 232 Å². The van der Waals surface area contributed by atoms with Crippen LogP contribution in [0.25, 0.3) is 16.9 Å². The summed E-state index contributed by atoms with van der Waals surface area (Å²) in [5, 5.41) is 7.37. The van der Waals surface area contributed by atoms with Crippen molar-refractivity contribution in [3.63, 3.8) is 0 Å². The van der Waals surface area contributed by atoms with Crippen LogP contribution in [-0.4, -0.2) is 82.4 Å². The number of aromatic nitrogens is 4. The van der Waals surface area contributed by atoms with Gasteiger partial charge in [0.1, 0.15) is 23.9 Å². The van der Waals surface area contributed by atoms with E-state index in [0.29, 0.717) is 38.4 Å². The Morgan fingerprint density at radius 1 is 1.00 bits per heavy atom. The number of hydrogen-bond donors (Lipinski definition) is 1. The molecule has 0 unspecified atom stereocenters. The molecule has 11 heteroatoms. The number of amides is 2. The monoisotopic (exact) mass is 543 g/mol. The lowest BCUT2D eigenvalue weighted by atomic mass is 10.1. The SMILES string of the molecule is CCOC(=O)[C@H](Cc1ccccc1)NC(=O)N1CCCN(c2c(-c3ccc(OC)cc3)cnc3ncnn23)CC1. The molecule has 5 rings (SSSR count). The fourth-order valence-corrected chi connectivity index (χ4v) is 4.90. The van der Waals surface area contributed by atoms with Crippen molar-refractivity contribution < 1.29 is 19.1 Å². The van der Waals surface area contributed by atoms with Gasteiger partial charge in [0.15, 0.2) is 0 Å². The van der Waals surface area contributed by atoms with Gasteiger partial charge in [0, 0.05) is 44.4 Å². The largest absolute Gasteiger partial charge is 0.497 e. The molecule has 0 radical (unpaired) electrons. The zero-order chi connectivity index (χ0) is 27.9. The van der Waals surface area contributed by atoms with Crippen molar-refractivity contribution in [3.05, 3.63) is 72.7 Å². The van der Waals surface area contributed by atoms with Crippen molar-refractivity contribution in [2.45, 2.75) is 25.8 Å². The second-order valence-corrected chi connectivity index (χ2v) is 9.47. The van der Waals surface area contributed by atoms with Gasteiger partial charge in [-0.2, -0.15) is 14.6 Å². The molecule has 1 saturated heterocycles. The highest BCUT2D eigenvalue weighted by Crippen LogP contribution is 2.32. The van der Waals surface area contributed by atoms with Gasteiger partial charge in [-0.05, 0) is 36.6 Å². The maximum absolute atomic E-state index is 13.4. The quantitative estimate of drug-likeness (QED) is 0.337. The molecule has 1 aliphatic heterocycles. The summed E-state index contributed by atoms with van der Waals surface area (Å²) in [6.45, 7) is 4.29. The van der Waals surface area contributed by atoms with Gasteiger partial charge in [0.25, 0.3) is 5.78 Å². The number of ether oxygens (including phenoxy) is 2. The lowest BCUT2D eigenvalue weighted by Crippen LogP contribution is -2.50. The molecular weight excluding hydrogens is 510 g/mol. The van der Waals surface area contributed by atoms with Gasteiger partial charge in [-0.25, -0.2) is 14.6 Å². The lowest BCUT2D eigenvalue weighted by Gasteiger charge is -2.27. The van der Waals surface area contributed by atoms with E-state index in [2.05, 4.69) is 25.3 Å². The van der Waals surface area contributed by atoms with E-state index >= 15 is 0 Å². The summed E-state index contributed by atoms with van der Waals surface area (Å²) < 4.78 is 12.3. The third kappa shape index (κ3) is 5.98. The number of hydrogen-bond acceptors (Lipinski definition) is 8. The first kappa shape index (κ1) is 26.9. The number of nitrogens with one attached hydrogen (secondary N) is 1.